The van der Waals surface area contributed by atoms with E-state index in [1.807, 2.05) is 0 Å². The van der Waals surface area contributed by atoms with Crippen LogP contribution in [-0.2, 0) is 4.79 Å². The minimum atomic E-state index is 0.427. The van der Waals surface area contributed by atoms with Gasteiger partial charge in [-0.25, -0.2) is 0 Å². The van der Waals surface area contributed by atoms with E-state index in [-0.39, 0.29) is 0 Å². The minimum absolute atomic E-state index is 0.427. The molecule has 1 radical (unpaired) electrons. The molecule has 0 aliphatic heterocycles. The van der Waals surface area contributed by atoms with Crippen molar-refractivity contribution in [3.05, 3.63) is 0 Å². The van der Waals surface area contributed by atoms with Crippen LogP contribution in [0.4, 0.5) is 0 Å². The van der Waals surface area contributed by atoms with E-state index < -0.39 is 0 Å². The molecule has 0 N–H and O–H groups in total. The van der Waals surface area contributed by atoms with Gasteiger partial charge in [-0.2, -0.15) is 5.41 Å². The predicted molar refractivity (Wildman–Crippen MR) is 23.5 cm³/mol. The number of unbranched alkanes of at least 4 members (excludes halogenated alkanes) is 1. The molecular formula is C4H6NO. The molecular weight excluding hydrogens is 78.0 g/mol. The van der Waals surface area contributed by atoms with Crippen LogP contribution in [0.3, 0.4) is 0 Å². The maximum Gasteiger partial charge on any atom is 0.120 e. The highest BCUT2D eigenvalue weighted by Crippen LogP contribution is 1.72. The third-order valence-electron chi connectivity index (χ3n) is 0.414. The second kappa shape index (κ2) is 4.34. The van der Waals surface area contributed by atoms with Gasteiger partial charge >= 0.3 is 0 Å². The third-order valence-corrected chi connectivity index (χ3v) is 0.414. The van der Waals surface area contributed by atoms with Gasteiger partial charge in [-0.05, 0) is 6.42 Å². The second-order valence-corrected chi connectivity index (χ2v) is 0.927. The van der Waals surface area contributed by atoms with Crippen molar-refractivity contribution < 1.29 is 4.79 Å². The van der Waals surface area contributed by atoms with E-state index in [0.717, 1.165) is 12.5 Å². The number of hydrogen-bond donors (Lipinski definition) is 0. The summed E-state index contributed by atoms with van der Waals surface area (Å²) in [5, 5.41) is 7.91. The van der Waals surface area contributed by atoms with Crippen molar-refractivity contribution in [1.29, 1.82) is 0 Å². The van der Waals surface area contributed by atoms with Crippen molar-refractivity contribution in [2.75, 3.05) is 0 Å². The smallest absolute Gasteiger partial charge is 0.120 e. The lowest BCUT2D eigenvalue weighted by atomic mass is 10.4. The Hall–Kier alpha value is -0.660. The van der Waals surface area contributed by atoms with Crippen LogP contribution in [-0.4, -0.2) is 12.5 Å². The summed E-state index contributed by atoms with van der Waals surface area (Å²) >= 11 is 0. The summed E-state index contributed by atoms with van der Waals surface area (Å²) in [6.45, 7) is 0. The molecule has 0 atom stereocenters. The van der Waals surface area contributed by atoms with Gasteiger partial charge in [0.25, 0.3) is 0 Å². The first kappa shape index (κ1) is 5.34. The molecule has 2 nitrogen and oxygen atoms in total. The molecule has 0 aromatic heterocycles. The molecule has 0 aliphatic rings. The van der Waals surface area contributed by atoms with Crippen molar-refractivity contribution in [1.82, 2.24) is 5.41 Å². The number of rotatable bonds is 3. The first-order valence-electron chi connectivity index (χ1n) is 1.81. The summed E-state index contributed by atoms with van der Waals surface area (Å²) in [5.41, 5.74) is 0. The Kier molecular flexibility index (Phi) is 3.86. The summed E-state index contributed by atoms with van der Waals surface area (Å²) in [7, 11) is 0. The van der Waals surface area contributed by atoms with Crippen molar-refractivity contribution in [2.24, 2.45) is 0 Å². The van der Waals surface area contributed by atoms with E-state index >= 15 is 0 Å². The Morgan fingerprint density at radius 3 is 2.33 bits per heavy atom. The van der Waals surface area contributed by atoms with Crippen LogP contribution < -0.4 is 5.41 Å². The highest BCUT2D eigenvalue weighted by molar-refractivity contribution is 5.61. The van der Waals surface area contributed by atoms with E-state index in [0.29, 0.717) is 12.8 Å². The summed E-state index contributed by atoms with van der Waals surface area (Å²) in [5.74, 6) is 0. The normalized spacial score (nSPS) is 7.33. The lowest BCUT2D eigenvalue weighted by molar-refractivity contribution is -0.107. The van der Waals surface area contributed by atoms with Gasteiger partial charge in [0.15, 0.2) is 0 Å². The molecule has 6 heavy (non-hydrogen) atoms. The van der Waals surface area contributed by atoms with Gasteiger partial charge in [0.2, 0.25) is 0 Å². The molecule has 0 fully saturated rings. The highest BCUT2D eigenvalue weighted by Gasteiger charge is 1.72. The quantitative estimate of drug-likeness (QED) is 0.266. The zero-order chi connectivity index (χ0) is 4.83. The average molecular weight is 84.1 g/mol. The van der Waals surface area contributed by atoms with Crippen LogP contribution in [0.2, 0.25) is 0 Å². The summed E-state index contributed by atoms with van der Waals surface area (Å²) < 4.78 is 0. The molecule has 0 spiro atoms. The molecule has 0 saturated heterocycles. The van der Waals surface area contributed by atoms with Gasteiger partial charge in [0, 0.05) is 12.6 Å². The van der Waals surface area contributed by atoms with Crippen molar-refractivity contribution in [2.45, 2.75) is 12.8 Å². The Bertz CT molecular complexity index is 43.5. The SMILES string of the molecule is [N]=CCCC=O. The second-order valence-electron chi connectivity index (χ2n) is 0.927. The van der Waals surface area contributed by atoms with E-state index in [4.69, 9.17) is 5.41 Å². The fourth-order valence-electron chi connectivity index (χ4n) is 0.143. The average Bonchev–Trinajstić information content (AvgIpc) is 1.61. The van der Waals surface area contributed by atoms with Crippen LogP contribution in [0, 0.1) is 0 Å². The minimum Gasteiger partial charge on any atom is -0.303 e. The number of carbonyl (C=O) groups excluding carboxylic acids is 1. The first-order valence-corrected chi connectivity index (χ1v) is 1.81. The first-order chi connectivity index (χ1) is 2.91. The van der Waals surface area contributed by atoms with Gasteiger partial charge < -0.3 is 4.79 Å². The molecule has 0 bridgehead atoms. The van der Waals surface area contributed by atoms with E-state index in [2.05, 4.69) is 0 Å². The number of aldehydes is 1. The molecule has 0 aromatic rings. The van der Waals surface area contributed by atoms with Crippen LogP contribution in [0.5, 0.6) is 0 Å². The highest BCUT2D eigenvalue weighted by atomic mass is 16.1. The van der Waals surface area contributed by atoms with E-state index in [9.17, 15) is 4.79 Å². The Labute approximate surface area is 36.7 Å². The molecule has 0 amide bonds. The molecule has 0 heterocycles. The van der Waals surface area contributed by atoms with Crippen molar-refractivity contribution in [3.8, 4) is 0 Å². The number of nitrogens with zero attached hydrogens (tertiary/aromatic N) is 1. The third kappa shape index (κ3) is 3.34. The summed E-state index contributed by atoms with van der Waals surface area (Å²) in [6.07, 6.45) is 2.65. The summed E-state index contributed by atoms with van der Waals surface area (Å²) in [6, 6.07) is 0. The Morgan fingerprint density at radius 2 is 2.17 bits per heavy atom. The van der Waals surface area contributed by atoms with Gasteiger partial charge in [-0.1, -0.05) is 0 Å². The van der Waals surface area contributed by atoms with Crippen LogP contribution in [0.25, 0.3) is 0 Å². The Morgan fingerprint density at radius 1 is 1.50 bits per heavy atom. The molecule has 0 saturated carbocycles. The lowest BCUT2D eigenvalue weighted by Gasteiger charge is -1.70. The molecule has 0 aromatic carbocycles. The maximum atomic E-state index is 9.43. The molecule has 33 valence electrons. The predicted octanol–water partition coefficient (Wildman–Crippen LogP) is -0.164. The van der Waals surface area contributed by atoms with Gasteiger partial charge in [0.05, 0.1) is 0 Å². The number of hydrogen-bond acceptors (Lipinski definition) is 1. The summed E-state index contributed by atoms with van der Waals surface area (Å²) in [4.78, 5) is 9.43. The largest absolute Gasteiger partial charge is 0.303 e. The van der Waals surface area contributed by atoms with Gasteiger partial charge in [-0.15, -0.1) is 0 Å². The standard InChI is InChI=1S/C4H6NO/c5-3-1-2-4-6/h3-4H,1-2H2. The van der Waals surface area contributed by atoms with Crippen LogP contribution in [0.15, 0.2) is 0 Å². The van der Waals surface area contributed by atoms with Gasteiger partial charge in [-0.3, -0.25) is 0 Å². The van der Waals surface area contributed by atoms with Crippen molar-refractivity contribution in [3.63, 3.8) is 0 Å². The number of carbonyl (C=O) groups is 1. The van der Waals surface area contributed by atoms with Crippen LogP contribution in [0.1, 0.15) is 12.8 Å². The fourth-order valence-corrected chi connectivity index (χ4v) is 0.143. The molecule has 0 aliphatic carbocycles. The molecule has 0 unspecified atom stereocenters. The maximum absolute atomic E-state index is 9.43. The van der Waals surface area contributed by atoms with E-state index in [1.54, 1.807) is 0 Å². The zero-order valence-corrected chi connectivity index (χ0v) is 3.42. The monoisotopic (exact) mass is 84.0 g/mol. The Balaban J connectivity index is 2.66. The fraction of sp³-hybridized carbons (Fsp3) is 0.500. The lowest BCUT2D eigenvalue weighted by Crippen LogP contribution is -1.75. The molecule has 2 heteroatoms. The van der Waals surface area contributed by atoms with E-state index in [1.165, 1.54) is 0 Å². The molecule has 0 rings (SSSR count). The van der Waals surface area contributed by atoms with Gasteiger partial charge in [0.1, 0.15) is 6.29 Å². The zero-order valence-electron chi connectivity index (χ0n) is 3.42. The van der Waals surface area contributed by atoms with Crippen LogP contribution >= 0.6 is 0 Å². The topological polar surface area (TPSA) is 39.4 Å². The van der Waals surface area contributed by atoms with Crippen molar-refractivity contribution >= 4 is 12.5 Å².